The lowest BCUT2D eigenvalue weighted by atomic mass is 10.4. The lowest BCUT2D eigenvalue weighted by Gasteiger charge is -2.07. The Kier molecular flexibility index (Phi) is 4.70. The summed E-state index contributed by atoms with van der Waals surface area (Å²) >= 11 is 7.04. The van der Waals surface area contributed by atoms with E-state index in [4.69, 9.17) is 11.6 Å². The van der Waals surface area contributed by atoms with Crippen molar-refractivity contribution in [2.75, 3.05) is 13.7 Å². The van der Waals surface area contributed by atoms with E-state index in [1.165, 1.54) is 18.4 Å². The number of methoxy groups -OCH3 is 1. The number of hydrogen-bond acceptors (Lipinski definition) is 5. The molecule has 0 radical (unpaired) electrons. The van der Waals surface area contributed by atoms with Crippen LogP contribution >= 0.6 is 22.9 Å². The number of esters is 1. The van der Waals surface area contributed by atoms with Crippen molar-refractivity contribution in [3.8, 4) is 0 Å². The third-order valence-corrected chi connectivity index (χ3v) is 2.86. The van der Waals surface area contributed by atoms with Crippen LogP contribution in [0.4, 0.5) is 0 Å². The first-order valence-corrected chi connectivity index (χ1v) is 5.78. The predicted octanol–water partition coefficient (Wildman–Crippen LogP) is 0.962. The van der Waals surface area contributed by atoms with Gasteiger partial charge < -0.3 is 10.1 Å². The Bertz CT molecular complexity index is 394. The largest absolute Gasteiger partial charge is 0.468 e. The average Bonchev–Trinajstić information content (AvgIpc) is 2.71. The van der Waals surface area contributed by atoms with E-state index in [9.17, 15) is 9.59 Å². The molecule has 16 heavy (non-hydrogen) atoms. The first kappa shape index (κ1) is 12.9. The number of rotatable bonds is 4. The van der Waals surface area contributed by atoms with Crippen LogP contribution in [0.15, 0.2) is 5.38 Å². The van der Waals surface area contributed by atoms with Gasteiger partial charge in [-0.25, -0.2) is 4.98 Å². The summed E-state index contributed by atoms with van der Waals surface area (Å²) in [6, 6.07) is 0. The number of ether oxygens (including phenoxy) is 1. The fraction of sp³-hybridized carbons (Fsp3) is 0.444. The van der Waals surface area contributed by atoms with Gasteiger partial charge in [-0.15, -0.1) is 22.9 Å². The van der Waals surface area contributed by atoms with Gasteiger partial charge in [0.05, 0.1) is 12.1 Å². The molecule has 0 aliphatic carbocycles. The van der Waals surface area contributed by atoms with Gasteiger partial charge in [0.15, 0.2) is 0 Å². The van der Waals surface area contributed by atoms with E-state index in [1.807, 2.05) is 0 Å². The number of carbonyl (C=O) groups is 2. The van der Waals surface area contributed by atoms with Gasteiger partial charge in [0.25, 0.3) is 5.91 Å². The van der Waals surface area contributed by atoms with Gasteiger partial charge in [-0.1, -0.05) is 0 Å². The van der Waals surface area contributed by atoms with E-state index in [1.54, 1.807) is 12.3 Å². The van der Waals surface area contributed by atoms with Crippen LogP contribution in [-0.2, 0) is 9.53 Å². The molecule has 1 heterocycles. The second-order valence-electron chi connectivity index (χ2n) is 2.95. The van der Waals surface area contributed by atoms with E-state index < -0.39 is 11.3 Å². The normalized spacial score (nSPS) is 11.9. The van der Waals surface area contributed by atoms with Crippen molar-refractivity contribution in [1.29, 1.82) is 0 Å². The summed E-state index contributed by atoms with van der Waals surface area (Å²) in [7, 11) is 1.24. The summed E-state index contributed by atoms with van der Waals surface area (Å²) in [6.07, 6.45) is 0. The molecule has 1 rings (SSSR count). The molecule has 0 aliphatic heterocycles. The lowest BCUT2D eigenvalue weighted by Crippen LogP contribution is -2.34. The van der Waals surface area contributed by atoms with E-state index in [-0.39, 0.29) is 12.5 Å². The molecular weight excluding hydrogens is 252 g/mol. The highest BCUT2D eigenvalue weighted by molar-refractivity contribution is 7.09. The molecule has 0 fully saturated rings. The van der Waals surface area contributed by atoms with Crippen molar-refractivity contribution < 1.29 is 14.3 Å². The molecular formula is C9H11ClN2O3S. The van der Waals surface area contributed by atoms with Gasteiger partial charge in [0.2, 0.25) is 0 Å². The van der Waals surface area contributed by atoms with Crippen LogP contribution in [0.3, 0.4) is 0 Å². The molecule has 7 heteroatoms. The maximum absolute atomic E-state index is 11.5. The van der Waals surface area contributed by atoms with Crippen molar-refractivity contribution in [1.82, 2.24) is 10.3 Å². The fourth-order valence-electron chi connectivity index (χ4n) is 0.952. The topological polar surface area (TPSA) is 68.3 Å². The van der Waals surface area contributed by atoms with Gasteiger partial charge in [0, 0.05) is 11.9 Å². The Morgan fingerprint density at radius 2 is 2.38 bits per heavy atom. The smallest absolute Gasteiger partial charge is 0.325 e. The molecule has 0 spiro atoms. The monoisotopic (exact) mass is 262 g/mol. The zero-order chi connectivity index (χ0) is 12.1. The molecule has 0 aromatic carbocycles. The van der Waals surface area contributed by atoms with Gasteiger partial charge in [-0.2, -0.15) is 0 Å². The molecule has 88 valence electrons. The zero-order valence-electron chi connectivity index (χ0n) is 8.82. The third kappa shape index (κ3) is 3.46. The van der Waals surface area contributed by atoms with Crippen LogP contribution in [-0.4, -0.2) is 35.9 Å². The molecule has 5 nitrogen and oxygen atoms in total. The van der Waals surface area contributed by atoms with Gasteiger partial charge in [-0.05, 0) is 6.92 Å². The Morgan fingerprint density at radius 1 is 1.69 bits per heavy atom. The standard InChI is InChI=1S/C9H11ClN2O3S/c1-5-12-7(4-16-5)8(13)11-3-6(10)9(14)15-2/h4,6H,3H2,1-2H3,(H,11,13). The number of aryl methyl sites for hydroxylation is 1. The minimum atomic E-state index is -0.881. The highest BCUT2D eigenvalue weighted by atomic mass is 35.5. The quantitative estimate of drug-likeness (QED) is 0.648. The number of aromatic nitrogens is 1. The van der Waals surface area contributed by atoms with Crippen molar-refractivity contribution in [2.45, 2.75) is 12.3 Å². The molecule has 1 atom stereocenters. The second kappa shape index (κ2) is 5.81. The number of halogens is 1. The highest BCUT2D eigenvalue weighted by Crippen LogP contribution is 2.07. The highest BCUT2D eigenvalue weighted by Gasteiger charge is 2.17. The number of nitrogens with zero attached hydrogens (tertiary/aromatic N) is 1. The minimum Gasteiger partial charge on any atom is -0.468 e. The first-order chi connectivity index (χ1) is 7.54. The van der Waals surface area contributed by atoms with Crippen molar-refractivity contribution in [2.24, 2.45) is 0 Å². The summed E-state index contributed by atoms with van der Waals surface area (Å²) in [4.78, 5) is 26.4. The third-order valence-electron chi connectivity index (χ3n) is 1.75. The van der Waals surface area contributed by atoms with Gasteiger partial charge >= 0.3 is 5.97 Å². The Hall–Kier alpha value is -1.14. The fourth-order valence-corrected chi connectivity index (χ4v) is 1.71. The summed E-state index contributed by atoms with van der Waals surface area (Å²) in [5.74, 6) is -0.921. The minimum absolute atomic E-state index is 0.0175. The predicted molar refractivity (Wildman–Crippen MR) is 60.8 cm³/mol. The number of carbonyl (C=O) groups excluding carboxylic acids is 2. The molecule has 0 saturated carbocycles. The number of amides is 1. The lowest BCUT2D eigenvalue weighted by molar-refractivity contribution is -0.140. The van der Waals surface area contributed by atoms with Crippen LogP contribution in [0.2, 0.25) is 0 Å². The molecule has 1 aromatic heterocycles. The number of hydrogen-bond donors (Lipinski definition) is 1. The molecule has 1 unspecified atom stereocenters. The Balaban J connectivity index is 2.44. The SMILES string of the molecule is COC(=O)C(Cl)CNC(=O)c1csc(C)n1. The molecule has 0 aliphatic rings. The zero-order valence-corrected chi connectivity index (χ0v) is 10.4. The molecule has 1 aromatic rings. The summed E-state index contributed by atoms with van der Waals surface area (Å²) < 4.78 is 4.42. The Morgan fingerprint density at radius 3 is 2.88 bits per heavy atom. The molecule has 0 saturated heterocycles. The summed E-state index contributed by atoms with van der Waals surface area (Å²) in [5.41, 5.74) is 0.330. The number of nitrogens with one attached hydrogen (secondary N) is 1. The summed E-state index contributed by atoms with van der Waals surface area (Å²) in [5, 5.41) is 4.07. The van der Waals surface area contributed by atoms with Gasteiger partial charge in [0.1, 0.15) is 11.1 Å². The van der Waals surface area contributed by atoms with Crippen LogP contribution in [0.25, 0.3) is 0 Å². The van der Waals surface area contributed by atoms with Crippen LogP contribution in [0, 0.1) is 6.92 Å². The molecule has 1 amide bonds. The van der Waals surface area contributed by atoms with Crippen LogP contribution < -0.4 is 5.32 Å². The molecule has 1 N–H and O–H groups in total. The van der Waals surface area contributed by atoms with Crippen molar-refractivity contribution in [3.63, 3.8) is 0 Å². The maximum atomic E-state index is 11.5. The van der Waals surface area contributed by atoms with E-state index in [2.05, 4.69) is 15.0 Å². The van der Waals surface area contributed by atoms with E-state index >= 15 is 0 Å². The summed E-state index contributed by atoms with van der Waals surface area (Å²) in [6.45, 7) is 1.82. The van der Waals surface area contributed by atoms with E-state index in [0.29, 0.717) is 5.69 Å². The van der Waals surface area contributed by atoms with Gasteiger partial charge in [-0.3, -0.25) is 9.59 Å². The second-order valence-corrected chi connectivity index (χ2v) is 4.54. The first-order valence-electron chi connectivity index (χ1n) is 4.47. The number of thiazole rings is 1. The Labute approximate surface area is 102 Å². The maximum Gasteiger partial charge on any atom is 0.325 e. The molecule has 0 bridgehead atoms. The van der Waals surface area contributed by atoms with Crippen molar-refractivity contribution in [3.05, 3.63) is 16.1 Å². The van der Waals surface area contributed by atoms with Crippen molar-refractivity contribution >= 4 is 34.8 Å². The van der Waals surface area contributed by atoms with Crippen LogP contribution in [0.1, 0.15) is 15.5 Å². The average molecular weight is 263 g/mol. The number of alkyl halides is 1. The van der Waals surface area contributed by atoms with Crippen LogP contribution in [0.5, 0.6) is 0 Å². The van der Waals surface area contributed by atoms with E-state index in [0.717, 1.165) is 5.01 Å².